The van der Waals surface area contributed by atoms with Crippen LogP contribution in [0.25, 0.3) is 0 Å². The van der Waals surface area contributed by atoms with Crippen LogP contribution in [0, 0.1) is 0 Å². The quantitative estimate of drug-likeness (QED) is 0.685. The molecule has 1 aromatic heterocycles. The van der Waals surface area contributed by atoms with Crippen molar-refractivity contribution < 1.29 is 0 Å². The number of nitrogens with zero attached hydrogens (tertiary/aromatic N) is 3. The highest BCUT2D eigenvalue weighted by Gasteiger charge is 2.23. The predicted octanol–water partition coefficient (Wildman–Crippen LogP) is 3.55. The van der Waals surface area contributed by atoms with Gasteiger partial charge in [0, 0.05) is 5.92 Å². The number of aromatic nitrogens is 3. The van der Waals surface area contributed by atoms with Crippen LogP contribution in [0.4, 0.5) is 0 Å². The third kappa shape index (κ3) is 3.98. The summed E-state index contributed by atoms with van der Waals surface area (Å²) < 4.78 is 2.82. The fraction of sp³-hybridized carbons (Fsp3) is 0.348. The molecule has 1 saturated carbocycles. The number of hydrogen-bond acceptors (Lipinski definition) is 3. The van der Waals surface area contributed by atoms with Gasteiger partial charge in [-0.15, -0.1) is 0 Å². The largest absolute Gasteiger partial charge is 0.348 e. The Kier molecular flexibility index (Phi) is 5.51. The van der Waals surface area contributed by atoms with Crippen molar-refractivity contribution in [3.05, 3.63) is 98.3 Å². The van der Waals surface area contributed by atoms with Crippen molar-refractivity contribution >= 4 is 0 Å². The minimum Gasteiger partial charge on any atom is -0.267 e. The highest BCUT2D eigenvalue weighted by molar-refractivity contribution is 5.17. The van der Waals surface area contributed by atoms with Crippen molar-refractivity contribution in [2.75, 3.05) is 0 Å². The molecule has 0 aliphatic heterocycles. The molecule has 2 aromatic carbocycles. The standard InChI is InChI=1S/C23H25N3O2/c27-22-21(20-14-8-3-9-15-20)24-26(17-19-12-6-2-7-13-19)23(28)25(22)16-18-10-4-1-5-11-18/h1-2,4-7,10-13,20H,3,8-9,14-17H2. The molecule has 5 nitrogen and oxygen atoms in total. The van der Waals surface area contributed by atoms with E-state index < -0.39 is 0 Å². The van der Waals surface area contributed by atoms with Gasteiger partial charge in [0.05, 0.1) is 13.1 Å². The van der Waals surface area contributed by atoms with Crippen LogP contribution >= 0.6 is 0 Å². The molecule has 0 radical (unpaired) electrons. The Morgan fingerprint density at radius 2 is 1.36 bits per heavy atom. The van der Waals surface area contributed by atoms with Crippen LogP contribution in [0.1, 0.15) is 54.8 Å². The molecule has 0 N–H and O–H groups in total. The molecule has 4 rings (SSSR count). The molecule has 0 bridgehead atoms. The molecular formula is C23H25N3O2. The average molecular weight is 375 g/mol. The molecule has 0 unspecified atom stereocenters. The minimum atomic E-state index is -0.350. The molecule has 0 spiro atoms. The molecule has 5 heteroatoms. The molecule has 3 aromatic rings. The summed E-state index contributed by atoms with van der Waals surface area (Å²) in [7, 11) is 0. The fourth-order valence-corrected chi connectivity index (χ4v) is 3.98. The molecule has 1 heterocycles. The molecule has 0 amide bonds. The Bertz CT molecular complexity index is 1030. The lowest BCUT2D eigenvalue weighted by Gasteiger charge is -2.22. The first-order chi connectivity index (χ1) is 13.7. The molecule has 0 saturated heterocycles. The number of hydrogen-bond donors (Lipinski definition) is 0. The van der Waals surface area contributed by atoms with Crippen LogP contribution in [0.5, 0.6) is 0 Å². The summed E-state index contributed by atoms with van der Waals surface area (Å²) in [6, 6.07) is 19.4. The summed E-state index contributed by atoms with van der Waals surface area (Å²) >= 11 is 0. The zero-order valence-electron chi connectivity index (χ0n) is 16.0. The van der Waals surface area contributed by atoms with Crippen molar-refractivity contribution in [3.8, 4) is 0 Å². The van der Waals surface area contributed by atoms with Gasteiger partial charge in [-0.1, -0.05) is 79.9 Å². The normalized spacial score (nSPS) is 14.9. The fourth-order valence-electron chi connectivity index (χ4n) is 3.98. The number of benzene rings is 2. The van der Waals surface area contributed by atoms with Crippen LogP contribution in [-0.2, 0) is 13.1 Å². The van der Waals surface area contributed by atoms with E-state index in [9.17, 15) is 9.59 Å². The maximum atomic E-state index is 13.2. The topological polar surface area (TPSA) is 56.9 Å². The lowest BCUT2D eigenvalue weighted by Crippen LogP contribution is -2.44. The van der Waals surface area contributed by atoms with Crippen molar-refractivity contribution in [1.29, 1.82) is 0 Å². The molecular weight excluding hydrogens is 350 g/mol. The second-order valence-electron chi connectivity index (χ2n) is 7.52. The van der Waals surface area contributed by atoms with Crippen LogP contribution in [0.15, 0.2) is 70.3 Å². The Labute approximate surface area is 164 Å². The van der Waals surface area contributed by atoms with Crippen LogP contribution in [0.3, 0.4) is 0 Å². The van der Waals surface area contributed by atoms with Gasteiger partial charge in [-0.05, 0) is 24.0 Å². The van der Waals surface area contributed by atoms with Crippen molar-refractivity contribution in [3.63, 3.8) is 0 Å². The van der Waals surface area contributed by atoms with Crippen molar-refractivity contribution in [2.24, 2.45) is 0 Å². The highest BCUT2D eigenvalue weighted by Crippen LogP contribution is 2.29. The van der Waals surface area contributed by atoms with E-state index in [2.05, 4.69) is 5.10 Å². The zero-order valence-corrected chi connectivity index (χ0v) is 16.0. The third-order valence-electron chi connectivity index (χ3n) is 5.49. The van der Waals surface area contributed by atoms with Crippen LogP contribution in [0.2, 0.25) is 0 Å². The summed E-state index contributed by atoms with van der Waals surface area (Å²) in [5.41, 5.74) is 1.90. The minimum absolute atomic E-state index is 0.144. The first-order valence-corrected chi connectivity index (χ1v) is 10.0. The van der Waals surface area contributed by atoms with E-state index in [1.54, 1.807) is 0 Å². The molecule has 28 heavy (non-hydrogen) atoms. The van der Waals surface area contributed by atoms with E-state index in [0.717, 1.165) is 36.8 Å². The van der Waals surface area contributed by atoms with Gasteiger partial charge < -0.3 is 0 Å². The Balaban J connectivity index is 1.79. The molecule has 144 valence electrons. The van der Waals surface area contributed by atoms with E-state index in [0.29, 0.717) is 12.2 Å². The second kappa shape index (κ2) is 8.38. The maximum Gasteiger partial charge on any atom is 0.348 e. The summed E-state index contributed by atoms with van der Waals surface area (Å²) in [5, 5.41) is 4.56. The van der Waals surface area contributed by atoms with E-state index in [1.165, 1.54) is 15.7 Å². The monoisotopic (exact) mass is 375 g/mol. The lowest BCUT2D eigenvalue weighted by molar-refractivity contribution is 0.410. The van der Waals surface area contributed by atoms with E-state index in [-0.39, 0.29) is 23.7 Å². The number of rotatable bonds is 5. The van der Waals surface area contributed by atoms with Crippen molar-refractivity contribution in [1.82, 2.24) is 14.3 Å². The van der Waals surface area contributed by atoms with Gasteiger partial charge in [0.1, 0.15) is 5.69 Å². The Morgan fingerprint density at radius 3 is 1.96 bits per heavy atom. The summed E-state index contributed by atoms with van der Waals surface area (Å²) in [6.45, 7) is 0.643. The highest BCUT2D eigenvalue weighted by atomic mass is 16.2. The predicted molar refractivity (Wildman–Crippen MR) is 110 cm³/mol. The summed E-state index contributed by atoms with van der Waals surface area (Å²) in [6.07, 6.45) is 5.37. The van der Waals surface area contributed by atoms with E-state index >= 15 is 0 Å². The first-order valence-electron chi connectivity index (χ1n) is 10.0. The third-order valence-corrected chi connectivity index (χ3v) is 5.49. The Hall–Kier alpha value is -2.95. The Morgan fingerprint density at radius 1 is 0.786 bits per heavy atom. The van der Waals surface area contributed by atoms with Crippen LogP contribution in [-0.4, -0.2) is 14.3 Å². The summed E-state index contributed by atoms with van der Waals surface area (Å²) in [4.78, 5) is 26.3. The SMILES string of the molecule is O=c1c(C2CCCCC2)nn(Cc2ccccc2)c(=O)n1Cc1ccccc1. The average Bonchev–Trinajstić information content (AvgIpc) is 2.75. The maximum absolute atomic E-state index is 13.2. The van der Waals surface area contributed by atoms with Gasteiger partial charge in [0.15, 0.2) is 0 Å². The first kappa shape index (κ1) is 18.4. The van der Waals surface area contributed by atoms with Gasteiger partial charge in [0.25, 0.3) is 5.56 Å². The molecule has 1 fully saturated rings. The smallest absolute Gasteiger partial charge is 0.267 e. The molecule has 1 aliphatic carbocycles. The van der Waals surface area contributed by atoms with Gasteiger partial charge in [-0.2, -0.15) is 5.10 Å². The second-order valence-corrected chi connectivity index (χ2v) is 7.52. The van der Waals surface area contributed by atoms with E-state index in [1.807, 2.05) is 60.7 Å². The van der Waals surface area contributed by atoms with Crippen molar-refractivity contribution in [2.45, 2.75) is 51.1 Å². The van der Waals surface area contributed by atoms with Crippen LogP contribution < -0.4 is 11.2 Å². The molecule has 0 atom stereocenters. The van der Waals surface area contributed by atoms with Gasteiger partial charge in [-0.25, -0.2) is 9.48 Å². The zero-order chi connectivity index (χ0) is 19.3. The van der Waals surface area contributed by atoms with Gasteiger partial charge in [-0.3, -0.25) is 9.36 Å². The van der Waals surface area contributed by atoms with Gasteiger partial charge in [0.2, 0.25) is 0 Å². The van der Waals surface area contributed by atoms with Gasteiger partial charge >= 0.3 is 5.69 Å². The lowest BCUT2D eigenvalue weighted by atomic mass is 9.87. The van der Waals surface area contributed by atoms with E-state index in [4.69, 9.17) is 0 Å². The molecule has 1 aliphatic rings. The summed E-state index contributed by atoms with van der Waals surface area (Å²) in [5.74, 6) is 0.144.